The molecule has 0 aliphatic carbocycles. The maximum Gasteiger partial charge on any atom is 0.306 e. The molecule has 6 heteroatoms. The van der Waals surface area contributed by atoms with Gasteiger partial charge in [0.25, 0.3) is 0 Å². The smallest absolute Gasteiger partial charge is 0.306 e. The topological polar surface area (TPSA) is 78.9 Å². The first-order valence-electron chi connectivity index (χ1n) is 28.5. The summed E-state index contributed by atoms with van der Waals surface area (Å²) in [6, 6.07) is 0. The van der Waals surface area contributed by atoms with Crippen LogP contribution in [0.4, 0.5) is 0 Å². The second-order valence-electron chi connectivity index (χ2n) is 18.5. The Morgan fingerprint density at radius 3 is 0.943 bits per heavy atom. The third kappa shape index (κ3) is 54.7. The Morgan fingerprint density at radius 2 is 0.586 bits per heavy atom. The number of esters is 3. The first-order chi connectivity index (χ1) is 34.5. The van der Waals surface area contributed by atoms with E-state index in [1.807, 2.05) is 0 Å². The maximum atomic E-state index is 12.8. The zero-order valence-electron chi connectivity index (χ0n) is 45.2. The van der Waals surface area contributed by atoms with E-state index in [1.165, 1.54) is 51.4 Å². The van der Waals surface area contributed by atoms with Gasteiger partial charge in [-0.25, -0.2) is 0 Å². The van der Waals surface area contributed by atoms with Crippen molar-refractivity contribution in [3.8, 4) is 0 Å². The first kappa shape index (κ1) is 65.8. The highest BCUT2D eigenvalue weighted by atomic mass is 16.6. The molecule has 0 amide bonds. The van der Waals surface area contributed by atoms with E-state index in [9.17, 15) is 14.4 Å². The van der Waals surface area contributed by atoms with Gasteiger partial charge in [-0.15, -0.1) is 0 Å². The van der Waals surface area contributed by atoms with Gasteiger partial charge in [-0.3, -0.25) is 14.4 Å². The molecule has 0 fully saturated rings. The minimum atomic E-state index is -0.798. The summed E-state index contributed by atoms with van der Waals surface area (Å²) in [5.74, 6) is -0.946. The molecule has 70 heavy (non-hydrogen) atoms. The van der Waals surface area contributed by atoms with Gasteiger partial charge in [0, 0.05) is 19.3 Å². The standard InChI is InChI=1S/C64H104O6/c1-4-7-10-13-16-19-22-24-25-26-27-28-29-30-31-32-33-34-35-36-37-38-39-41-42-45-48-51-54-57-63(66)69-60-61(59-68-62(65)56-53-50-47-44-21-18-15-12-9-6-3)70-64(67)58-55-52-49-46-43-40-23-20-17-14-11-8-5-2/h7,10,12,15-16,19-20,23-25,27-28,30-31,33-34,36-37,39,41,61H,4-6,8-9,11,13-14,17-18,21-22,26,29,32,35,38,40,42-60H2,1-3H3/b10-7-,15-12-,19-16-,23-20-,25-24-,28-27-,31-30-,34-33-,37-36-,41-39-. The Balaban J connectivity index is 4.32. The van der Waals surface area contributed by atoms with Crippen molar-refractivity contribution in [2.24, 2.45) is 0 Å². The molecule has 0 aromatic heterocycles. The van der Waals surface area contributed by atoms with Gasteiger partial charge in [0.2, 0.25) is 0 Å². The molecule has 0 heterocycles. The zero-order chi connectivity index (χ0) is 50.7. The third-order valence-corrected chi connectivity index (χ3v) is 11.7. The van der Waals surface area contributed by atoms with Crippen molar-refractivity contribution in [2.75, 3.05) is 13.2 Å². The molecule has 0 rings (SSSR count). The highest BCUT2D eigenvalue weighted by Crippen LogP contribution is 2.13. The van der Waals surface area contributed by atoms with E-state index in [0.717, 1.165) is 154 Å². The van der Waals surface area contributed by atoms with Crippen LogP contribution in [0.5, 0.6) is 0 Å². The van der Waals surface area contributed by atoms with Crippen molar-refractivity contribution in [2.45, 2.75) is 252 Å². The fourth-order valence-corrected chi connectivity index (χ4v) is 7.39. The van der Waals surface area contributed by atoms with E-state index in [0.29, 0.717) is 19.3 Å². The Kier molecular flexibility index (Phi) is 54.0. The fourth-order valence-electron chi connectivity index (χ4n) is 7.39. The minimum Gasteiger partial charge on any atom is -0.462 e. The minimum absolute atomic E-state index is 0.0964. The molecule has 0 saturated heterocycles. The van der Waals surface area contributed by atoms with E-state index in [1.54, 1.807) is 0 Å². The van der Waals surface area contributed by atoms with Gasteiger partial charge in [0.05, 0.1) is 0 Å². The van der Waals surface area contributed by atoms with Gasteiger partial charge in [-0.2, -0.15) is 0 Å². The first-order valence-corrected chi connectivity index (χ1v) is 28.5. The summed E-state index contributed by atoms with van der Waals surface area (Å²) in [6.07, 6.45) is 79.1. The van der Waals surface area contributed by atoms with Crippen LogP contribution in [-0.2, 0) is 28.6 Å². The molecule has 0 aliphatic heterocycles. The molecular weight excluding hydrogens is 865 g/mol. The van der Waals surface area contributed by atoms with Gasteiger partial charge in [-0.1, -0.05) is 219 Å². The molecule has 0 N–H and O–H groups in total. The van der Waals surface area contributed by atoms with Crippen molar-refractivity contribution in [1.29, 1.82) is 0 Å². The molecule has 0 bridgehead atoms. The van der Waals surface area contributed by atoms with Crippen LogP contribution < -0.4 is 0 Å². The summed E-state index contributed by atoms with van der Waals surface area (Å²) in [7, 11) is 0. The van der Waals surface area contributed by atoms with E-state index in [-0.39, 0.29) is 31.1 Å². The summed E-state index contributed by atoms with van der Waals surface area (Å²) in [4.78, 5) is 38.0. The lowest BCUT2D eigenvalue weighted by atomic mass is 10.1. The average molecular weight is 970 g/mol. The molecule has 1 unspecified atom stereocenters. The summed E-state index contributed by atoms with van der Waals surface area (Å²) >= 11 is 0. The average Bonchev–Trinajstić information content (AvgIpc) is 3.36. The van der Waals surface area contributed by atoms with Crippen LogP contribution in [0.25, 0.3) is 0 Å². The summed E-state index contributed by atoms with van der Waals surface area (Å²) in [6.45, 7) is 6.40. The van der Waals surface area contributed by atoms with Crippen LogP contribution in [0.1, 0.15) is 245 Å². The van der Waals surface area contributed by atoms with E-state index < -0.39 is 6.10 Å². The van der Waals surface area contributed by atoms with Crippen LogP contribution >= 0.6 is 0 Å². The number of hydrogen-bond donors (Lipinski definition) is 0. The Hall–Kier alpha value is -4.19. The van der Waals surface area contributed by atoms with Gasteiger partial charge < -0.3 is 14.2 Å². The van der Waals surface area contributed by atoms with Crippen LogP contribution in [0.2, 0.25) is 0 Å². The second-order valence-corrected chi connectivity index (χ2v) is 18.5. The molecule has 396 valence electrons. The quantitative estimate of drug-likeness (QED) is 0.0262. The molecule has 0 aromatic rings. The van der Waals surface area contributed by atoms with E-state index >= 15 is 0 Å². The summed E-state index contributed by atoms with van der Waals surface area (Å²) in [5.41, 5.74) is 0. The van der Waals surface area contributed by atoms with Crippen LogP contribution in [0, 0.1) is 0 Å². The Labute approximate surface area is 431 Å². The van der Waals surface area contributed by atoms with Gasteiger partial charge in [-0.05, 0) is 128 Å². The second kappa shape index (κ2) is 57.4. The zero-order valence-corrected chi connectivity index (χ0v) is 45.2. The highest BCUT2D eigenvalue weighted by molar-refractivity contribution is 5.71. The number of carbonyl (C=O) groups excluding carboxylic acids is 3. The van der Waals surface area contributed by atoms with Crippen molar-refractivity contribution >= 4 is 17.9 Å². The monoisotopic (exact) mass is 969 g/mol. The number of allylic oxidation sites excluding steroid dienone is 20. The number of ether oxygens (including phenoxy) is 3. The largest absolute Gasteiger partial charge is 0.462 e. The molecule has 1 atom stereocenters. The van der Waals surface area contributed by atoms with E-state index in [4.69, 9.17) is 14.2 Å². The maximum absolute atomic E-state index is 12.8. The lowest BCUT2D eigenvalue weighted by Gasteiger charge is -2.18. The predicted molar refractivity (Wildman–Crippen MR) is 302 cm³/mol. The van der Waals surface area contributed by atoms with Crippen molar-refractivity contribution in [3.63, 3.8) is 0 Å². The normalized spacial score (nSPS) is 13.0. The van der Waals surface area contributed by atoms with Crippen molar-refractivity contribution in [1.82, 2.24) is 0 Å². The number of carbonyl (C=O) groups is 3. The van der Waals surface area contributed by atoms with Gasteiger partial charge >= 0.3 is 17.9 Å². The Morgan fingerprint density at radius 1 is 0.300 bits per heavy atom. The Bertz CT molecular complexity index is 1490. The lowest BCUT2D eigenvalue weighted by molar-refractivity contribution is -0.167. The SMILES string of the molecule is CC/C=C\C/C=C\C/C=C\C/C=C\C/C=C\C/C=C\C/C=C\C/C=C\CCCCCCC(=O)OCC(COC(=O)CCCCCCC/C=C\CCC)OC(=O)CCCCCCC/C=C\CCCCCC. The van der Waals surface area contributed by atoms with E-state index in [2.05, 4.69) is 142 Å². The van der Waals surface area contributed by atoms with Crippen LogP contribution in [0.15, 0.2) is 122 Å². The molecule has 0 spiro atoms. The molecular formula is C64H104O6. The van der Waals surface area contributed by atoms with Gasteiger partial charge in [0.1, 0.15) is 13.2 Å². The van der Waals surface area contributed by atoms with Gasteiger partial charge in [0.15, 0.2) is 6.10 Å². The van der Waals surface area contributed by atoms with Crippen LogP contribution in [-0.4, -0.2) is 37.2 Å². The molecule has 0 radical (unpaired) electrons. The summed E-state index contributed by atoms with van der Waals surface area (Å²) in [5, 5.41) is 0. The van der Waals surface area contributed by atoms with Crippen LogP contribution in [0.3, 0.4) is 0 Å². The summed E-state index contributed by atoms with van der Waals surface area (Å²) < 4.78 is 16.8. The number of rotatable bonds is 50. The third-order valence-electron chi connectivity index (χ3n) is 11.7. The van der Waals surface area contributed by atoms with Crippen molar-refractivity contribution in [3.05, 3.63) is 122 Å². The molecule has 6 nitrogen and oxygen atoms in total. The van der Waals surface area contributed by atoms with Crippen molar-refractivity contribution < 1.29 is 28.6 Å². The number of hydrogen-bond acceptors (Lipinski definition) is 6. The predicted octanol–water partition coefficient (Wildman–Crippen LogP) is 19.3. The number of unbranched alkanes of at least 4 members (excludes halogenated alkanes) is 19. The lowest BCUT2D eigenvalue weighted by Crippen LogP contribution is -2.30. The molecule has 0 saturated carbocycles. The molecule has 0 aliphatic rings. The fraction of sp³-hybridized carbons (Fsp3) is 0.641. The highest BCUT2D eigenvalue weighted by Gasteiger charge is 2.19. The molecule has 0 aromatic carbocycles.